The Morgan fingerprint density at radius 2 is 2.36 bits per heavy atom. The van der Waals surface area contributed by atoms with E-state index in [9.17, 15) is 0 Å². The van der Waals surface area contributed by atoms with Gasteiger partial charge in [0.1, 0.15) is 0 Å². The van der Waals surface area contributed by atoms with E-state index in [4.69, 9.17) is 4.74 Å². The molecule has 0 aliphatic heterocycles. The molecule has 0 saturated heterocycles. The van der Waals surface area contributed by atoms with Crippen LogP contribution >= 0.6 is 0 Å². The van der Waals surface area contributed by atoms with E-state index in [1.165, 1.54) is 0 Å². The maximum atomic E-state index is 4.95. The summed E-state index contributed by atoms with van der Waals surface area (Å²) in [4.78, 5) is 4.08. The second kappa shape index (κ2) is 5.87. The fourth-order valence-electron chi connectivity index (χ4n) is 1.000. The largest absolute Gasteiger partial charge is 0.481 e. The summed E-state index contributed by atoms with van der Waals surface area (Å²) in [7, 11) is 1.60. The summed E-state index contributed by atoms with van der Waals surface area (Å²) in [5.41, 5.74) is 0.990. The average Bonchev–Trinajstić information content (AvgIpc) is 2.25. The molecular weight excluding hydrogens is 176 g/mol. The Labute approximate surface area is 84.5 Å². The SMILES string of the molecule is CC#CCCNc1ccc(OC)nc1. The molecule has 0 radical (unpaired) electrons. The molecule has 0 aromatic carbocycles. The van der Waals surface area contributed by atoms with Gasteiger partial charge >= 0.3 is 0 Å². The Morgan fingerprint density at radius 3 is 2.93 bits per heavy atom. The summed E-state index contributed by atoms with van der Waals surface area (Å²) in [6.45, 7) is 2.68. The molecule has 0 atom stereocenters. The molecule has 74 valence electrons. The molecule has 3 nitrogen and oxygen atoms in total. The lowest BCUT2D eigenvalue weighted by atomic mass is 10.3. The molecular formula is C11H14N2O. The fourth-order valence-corrected chi connectivity index (χ4v) is 1.000. The zero-order valence-corrected chi connectivity index (χ0v) is 8.50. The third kappa shape index (κ3) is 3.36. The van der Waals surface area contributed by atoms with Crippen molar-refractivity contribution in [2.24, 2.45) is 0 Å². The Bertz CT molecular complexity index is 321. The zero-order valence-electron chi connectivity index (χ0n) is 8.50. The maximum Gasteiger partial charge on any atom is 0.213 e. The summed E-state index contributed by atoms with van der Waals surface area (Å²) >= 11 is 0. The van der Waals surface area contributed by atoms with Crippen LogP contribution in [0.4, 0.5) is 5.69 Å². The van der Waals surface area contributed by atoms with Crippen LogP contribution in [0.15, 0.2) is 18.3 Å². The topological polar surface area (TPSA) is 34.1 Å². The Kier molecular flexibility index (Phi) is 4.36. The predicted octanol–water partition coefficient (Wildman–Crippen LogP) is 1.92. The average molecular weight is 190 g/mol. The van der Waals surface area contributed by atoms with Crippen LogP contribution in [-0.4, -0.2) is 18.6 Å². The van der Waals surface area contributed by atoms with Crippen molar-refractivity contribution < 1.29 is 4.74 Å². The van der Waals surface area contributed by atoms with Crippen molar-refractivity contribution in [2.45, 2.75) is 13.3 Å². The van der Waals surface area contributed by atoms with Crippen LogP contribution < -0.4 is 10.1 Å². The van der Waals surface area contributed by atoms with Crippen LogP contribution in [0.2, 0.25) is 0 Å². The molecule has 0 aliphatic carbocycles. The number of hydrogen-bond acceptors (Lipinski definition) is 3. The van der Waals surface area contributed by atoms with Crippen LogP contribution in [0.3, 0.4) is 0 Å². The quantitative estimate of drug-likeness (QED) is 0.581. The molecule has 0 aliphatic rings. The smallest absolute Gasteiger partial charge is 0.213 e. The summed E-state index contributed by atoms with van der Waals surface area (Å²) < 4.78 is 4.95. The van der Waals surface area contributed by atoms with E-state index in [1.54, 1.807) is 13.3 Å². The number of nitrogens with zero attached hydrogens (tertiary/aromatic N) is 1. The Hall–Kier alpha value is -1.69. The monoisotopic (exact) mass is 190 g/mol. The van der Waals surface area contributed by atoms with Crippen LogP contribution in [0.5, 0.6) is 5.88 Å². The number of hydrogen-bond donors (Lipinski definition) is 1. The van der Waals surface area contributed by atoms with Crippen LogP contribution in [0.25, 0.3) is 0 Å². The normalized spacial score (nSPS) is 8.71. The van der Waals surface area contributed by atoms with Gasteiger partial charge < -0.3 is 10.1 Å². The van der Waals surface area contributed by atoms with Crippen molar-refractivity contribution in [3.63, 3.8) is 0 Å². The number of rotatable bonds is 4. The van der Waals surface area contributed by atoms with Gasteiger partial charge in [-0.2, -0.15) is 0 Å². The van der Waals surface area contributed by atoms with Gasteiger partial charge in [0.2, 0.25) is 5.88 Å². The Morgan fingerprint density at radius 1 is 1.50 bits per heavy atom. The summed E-state index contributed by atoms with van der Waals surface area (Å²) in [6, 6.07) is 3.76. The van der Waals surface area contributed by atoms with Crippen molar-refractivity contribution in [2.75, 3.05) is 19.0 Å². The minimum Gasteiger partial charge on any atom is -0.481 e. The molecule has 0 fully saturated rings. The predicted molar refractivity (Wildman–Crippen MR) is 57.3 cm³/mol. The lowest BCUT2D eigenvalue weighted by Crippen LogP contribution is -2.00. The van der Waals surface area contributed by atoms with Gasteiger partial charge in [0, 0.05) is 19.0 Å². The molecule has 1 aromatic heterocycles. The maximum absolute atomic E-state index is 4.95. The number of aromatic nitrogens is 1. The highest BCUT2D eigenvalue weighted by Crippen LogP contribution is 2.10. The summed E-state index contributed by atoms with van der Waals surface area (Å²) in [6.07, 6.45) is 2.60. The van der Waals surface area contributed by atoms with Crippen LogP contribution in [0, 0.1) is 11.8 Å². The van der Waals surface area contributed by atoms with Crippen molar-refractivity contribution in [1.29, 1.82) is 0 Å². The second-order valence-corrected chi connectivity index (χ2v) is 2.69. The molecule has 3 heteroatoms. The number of anilines is 1. The van der Waals surface area contributed by atoms with E-state index in [0.717, 1.165) is 18.7 Å². The minimum absolute atomic E-state index is 0.629. The Balaban J connectivity index is 2.38. The number of ether oxygens (including phenoxy) is 1. The van der Waals surface area contributed by atoms with E-state index in [1.807, 2.05) is 19.1 Å². The second-order valence-electron chi connectivity index (χ2n) is 2.69. The van der Waals surface area contributed by atoms with Gasteiger partial charge in [0.25, 0.3) is 0 Å². The first-order valence-corrected chi connectivity index (χ1v) is 4.50. The lowest BCUT2D eigenvalue weighted by molar-refractivity contribution is 0.398. The van der Waals surface area contributed by atoms with Crippen molar-refractivity contribution >= 4 is 5.69 Å². The molecule has 0 bridgehead atoms. The summed E-state index contributed by atoms with van der Waals surface area (Å²) in [5, 5.41) is 3.21. The van der Waals surface area contributed by atoms with Crippen LogP contribution in [-0.2, 0) is 0 Å². The minimum atomic E-state index is 0.629. The number of methoxy groups -OCH3 is 1. The van der Waals surface area contributed by atoms with Gasteiger partial charge in [-0.25, -0.2) is 4.98 Å². The van der Waals surface area contributed by atoms with Crippen LogP contribution in [0.1, 0.15) is 13.3 Å². The van der Waals surface area contributed by atoms with Gasteiger partial charge in [-0.1, -0.05) is 0 Å². The molecule has 1 aromatic rings. The van der Waals surface area contributed by atoms with E-state index in [0.29, 0.717) is 5.88 Å². The van der Waals surface area contributed by atoms with Gasteiger partial charge in [0.15, 0.2) is 0 Å². The molecule has 0 amide bonds. The first kappa shape index (κ1) is 10.4. The molecule has 1 rings (SSSR count). The van der Waals surface area contributed by atoms with Crippen molar-refractivity contribution in [1.82, 2.24) is 4.98 Å². The fraction of sp³-hybridized carbons (Fsp3) is 0.364. The van der Waals surface area contributed by atoms with E-state index < -0.39 is 0 Å². The number of nitrogens with one attached hydrogen (secondary N) is 1. The van der Waals surface area contributed by atoms with Gasteiger partial charge in [-0.05, 0) is 13.0 Å². The highest BCUT2D eigenvalue weighted by atomic mass is 16.5. The standard InChI is InChI=1S/C11H14N2O/c1-3-4-5-8-12-10-6-7-11(14-2)13-9-10/h6-7,9,12H,5,8H2,1-2H3. The van der Waals surface area contributed by atoms with E-state index in [-0.39, 0.29) is 0 Å². The third-order valence-corrected chi connectivity index (χ3v) is 1.70. The van der Waals surface area contributed by atoms with Gasteiger partial charge in [-0.15, -0.1) is 11.8 Å². The number of pyridine rings is 1. The first-order chi connectivity index (χ1) is 6.86. The summed E-state index contributed by atoms with van der Waals surface area (Å²) in [5.74, 6) is 6.46. The zero-order chi connectivity index (χ0) is 10.2. The highest BCUT2D eigenvalue weighted by Gasteiger charge is 1.93. The van der Waals surface area contributed by atoms with E-state index in [2.05, 4.69) is 22.1 Å². The molecule has 0 saturated carbocycles. The van der Waals surface area contributed by atoms with Crippen molar-refractivity contribution in [3.05, 3.63) is 18.3 Å². The third-order valence-electron chi connectivity index (χ3n) is 1.70. The molecule has 1 heterocycles. The molecule has 1 N–H and O–H groups in total. The van der Waals surface area contributed by atoms with Gasteiger partial charge in [-0.3, -0.25) is 0 Å². The molecule has 14 heavy (non-hydrogen) atoms. The van der Waals surface area contributed by atoms with Gasteiger partial charge in [0.05, 0.1) is 19.0 Å². The molecule has 0 unspecified atom stereocenters. The van der Waals surface area contributed by atoms with E-state index >= 15 is 0 Å². The highest BCUT2D eigenvalue weighted by molar-refractivity contribution is 5.41. The lowest BCUT2D eigenvalue weighted by Gasteiger charge is -2.03. The van der Waals surface area contributed by atoms with Crippen molar-refractivity contribution in [3.8, 4) is 17.7 Å². The molecule has 0 spiro atoms. The first-order valence-electron chi connectivity index (χ1n) is 4.50.